The number of likely N-dealkylation sites (tertiary alicyclic amines) is 1. The van der Waals surface area contributed by atoms with Crippen LogP contribution in [-0.2, 0) is 4.74 Å². The van der Waals surface area contributed by atoms with E-state index in [4.69, 9.17) is 4.74 Å². The largest absolute Gasteiger partial charge is 0.443 e. The first kappa shape index (κ1) is 11.7. The Labute approximate surface area is 97.3 Å². The molecule has 2 atom stereocenters. The molecule has 2 aliphatic rings. The van der Waals surface area contributed by atoms with Gasteiger partial charge in [0.25, 0.3) is 0 Å². The first-order chi connectivity index (χ1) is 7.79. The number of cyclic esters (lactones) is 1. The van der Waals surface area contributed by atoms with Crippen molar-refractivity contribution in [1.82, 2.24) is 10.2 Å². The highest BCUT2D eigenvalue weighted by molar-refractivity contribution is 5.70. The number of amides is 1. The Bertz CT molecular complexity index is 239. The summed E-state index contributed by atoms with van der Waals surface area (Å²) in [4.78, 5) is 13.7. The SMILES string of the molecule is CCC[C@@H]1NC(=O)O[C@H]1CN1CCCCC1. The average molecular weight is 226 g/mol. The van der Waals surface area contributed by atoms with E-state index in [0.717, 1.165) is 32.5 Å². The van der Waals surface area contributed by atoms with Crippen LogP contribution in [0.15, 0.2) is 0 Å². The zero-order chi connectivity index (χ0) is 11.4. The van der Waals surface area contributed by atoms with E-state index in [9.17, 15) is 4.79 Å². The van der Waals surface area contributed by atoms with Gasteiger partial charge in [0.1, 0.15) is 6.10 Å². The summed E-state index contributed by atoms with van der Waals surface area (Å²) in [6.45, 7) is 5.37. The number of alkyl carbamates (subject to hydrolysis) is 1. The second-order valence-electron chi connectivity index (χ2n) is 4.84. The van der Waals surface area contributed by atoms with Gasteiger partial charge < -0.3 is 10.1 Å². The number of carbonyl (C=O) groups excluding carboxylic acids is 1. The average Bonchev–Trinajstić information content (AvgIpc) is 2.61. The Morgan fingerprint density at radius 3 is 2.81 bits per heavy atom. The second kappa shape index (κ2) is 5.53. The molecule has 0 aromatic heterocycles. The minimum absolute atomic E-state index is 0.0607. The van der Waals surface area contributed by atoms with Gasteiger partial charge in [0.2, 0.25) is 0 Å². The van der Waals surface area contributed by atoms with E-state index in [1.165, 1.54) is 19.3 Å². The number of nitrogens with zero attached hydrogens (tertiary/aromatic N) is 1. The third-order valence-electron chi connectivity index (χ3n) is 3.50. The zero-order valence-electron chi connectivity index (χ0n) is 10.1. The number of piperidine rings is 1. The fourth-order valence-corrected chi connectivity index (χ4v) is 2.63. The highest BCUT2D eigenvalue weighted by Crippen LogP contribution is 2.17. The van der Waals surface area contributed by atoms with Crippen molar-refractivity contribution in [2.24, 2.45) is 0 Å². The van der Waals surface area contributed by atoms with E-state index < -0.39 is 0 Å². The van der Waals surface area contributed by atoms with Crippen LogP contribution >= 0.6 is 0 Å². The van der Waals surface area contributed by atoms with E-state index in [0.29, 0.717) is 0 Å². The monoisotopic (exact) mass is 226 g/mol. The maximum Gasteiger partial charge on any atom is 0.407 e. The van der Waals surface area contributed by atoms with Crippen molar-refractivity contribution in [2.75, 3.05) is 19.6 Å². The van der Waals surface area contributed by atoms with Crippen molar-refractivity contribution < 1.29 is 9.53 Å². The van der Waals surface area contributed by atoms with Gasteiger partial charge in [0.05, 0.1) is 6.04 Å². The minimum atomic E-state index is -0.236. The second-order valence-corrected chi connectivity index (χ2v) is 4.84. The Hall–Kier alpha value is -0.770. The lowest BCUT2D eigenvalue weighted by Crippen LogP contribution is -2.42. The Morgan fingerprint density at radius 1 is 1.38 bits per heavy atom. The van der Waals surface area contributed by atoms with Crippen molar-refractivity contribution in [3.05, 3.63) is 0 Å². The molecule has 4 nitrogen and oxygen atoms in total. The summed E-state index contributed by atoms with van der Waals surface area (Å²) >= 11 is 0. The summed E-state index contributed by atoms with van der Waals surface area (Å²) in [7, 11) is 0. The number of carbonyl (C=O) groups is 1. The molecule has 0 aromatic carbocycles. The van der Waals surface area contributed by atoms with E-state index >= 15 is 0 Å². The topological polar surface area (TPSA) is 41.6 Å². The van der Waals surface area contributed by atoms with Crippen molar-refractivity contribution >= 4 is 6.09 Å². The molecule has 0 aromatic rings. The maximum absolute atomic E-state index is 11.2. The predicted molar refractivity (Wildman–Crippen MR) is 62.4 cm³/mol. The molecule has 0 unspecified atom stereocenters. The number of hydrogen-bond acceptors (Lipinski definition) is 3. The number of nitrogens with one attached hydrogen (secondary N) is 1. The van der Waals surface area contributed by atoms with E-state index in [-0.39, 0.29) is 18.2 Å². The Kier molecular flexibility index (Phi) is 4.04. The van der Waals surface area contributed by atoms with Crippen LogP contribution in [0.4, 0.5) is 4.79 Å². The molecule has 16 heavy (non-hydrogen) atoms. The highest BCUT2D eigenvalue weighted by Gasteiger charge is 2.34. The molecule has 0 saturated carbocycles. The van der Waals surface area contributed by atoms with Gasteiger partial charge in [-0.2, -0.15) is 0 Å². The lowest BCUT2D eigenvalue weighted by Gasteiger charge is -2.29. The lowest BCUT2D eigenvalue weighted by atomic mass is 10.0. The number of ether oxygens (including phenoxy) is 1. The molecule has 92 valence electrons. The number of hydrogen-bond donors (Lipinski definition) is 1. The number of rotatable bonds is 4. The molecule has 2 rings (SSSR count). The molecular weight excluding hydrogens is 204 g/mol. The van der Waals surface area contributed by atoms with Gasteiger partial charge >= 0.3 is 6.09 Å². The minimum Gasteiger partial charge on any atom is -0.443 e. The fraction of sp³-hybridized carbons (Fsp3) is 0.917. The quantitative estimate of drug-likeness (QED) is 0.794. The molecular formula is C12H22N2O2. The van der Waals surface area contributed by atoms with Crippen LogP contribution in [-0.4, -0.2) is 42.8 Å². The summed E-state index contributed by atoms with van der Waals surface area (Å²) in [5.41, 5.74) is 0. The molecule has 2 aliphatic heterocycles. The zero-order valence-corrected chi connectivity index (χ0v) is 10.1. The smallest absolute Gasteiger partial charge is 0.407 e. The summed E-state index contributed by atoms with van der Waals surface area (Å²) < 4.78 is 5.34. The molecule has 0 bridgehead atoms. The fourth-order valence-electron chi connectivity index (χ4n) is 2.63. The summed E-state index contributed by atoms with van der Waals surface area (Å²) in [6, 6.07) is 0.222. The predicted octanol–water partition coefficient (Wildman–Crippen LogP) is 1.75. The molecule has 2 saturated heterocycles. The summed E-state index contributed by atoms with van der Waals surface area (Å²) in [5, 5.41) is 2.91. The van der Waals surface area contributed by atoms with Crippen LogP contribution in [0.1, 0.15) is 39.0 Å². The highest BCUT2D eigenvalue weighted by atomic mass is 16.6. The van der Waals surface area contributed by atoms with Gasteiger partial charge in [-0.1, -0.05) is 19.8 Å². The standard InChI is InChI=1S/C12H22N2O2/c1-2-6-10-11(16-12(15)13-10)9-14-7-4-3-5-8-14/h10-11H,2-9H2,1H3,(H,13,15)/t10-,11-/m0/s1. The van der Waals surface area contributed by atoms with Crippen molar-refractivity contribution in [3.63, 3.8) is 0 Å². The lowest BCUT2D eigenvalue weighted by molar-refractivity contribution is 0.0874. The van der Waals surface area contributed by atoms with Crippen molar-refractivity contribution in [3.8, 4) is 0 Å². The van der Waals surface area contributed by atoms with Gasteiger partial charge in [-0.15, -0.1) is 0 Å². The third-order valence-corrected chi connectivity index (χ3v) is 3.50. The van der Waals surface area contributed by atoms with E-state index in [1.54, 1.807) is 0 Å². The first-order valence-corrected chi connectivity index (χ1v) is 6.49. The van der Waals surface area contributed by atoms with Crippen LogP contribution in [0.2, 0.25) is 0 Å². The molecule has 1 N–H and O–H groups in total. The first-order valence-electron chi connectivity index (χ1n) is 6.49. The van der Waals surface area contributed by atoms with Crippen molar-refractivity contribution in [1.29, 1.82) is 0 Å². The van der Waals surface area contributed by atoms with E-state index in [2.05, 4.69) is 17.1 Å². The molecule has 2 fully saturated rings. The normalized spacial score (nSPS) is 31.2. The van der Waals surface area contributed by atoms with E-state index in [1.807, 2.05) is 0 Å². The van der Waals surface area contributed by atoms with Gasteiger partial charge in [-0.25, -0.2) is 4.79 Å². The van der Waals surface area contributed by atoms with Crippen LogP contribution in [0.5, 0.6) is 0 Å². The Morgan fingerprint density at radius 2 is 2.12 bits per heavy atom. The van der Waals surface area contributed by atoms with Gasteiger partial charge in [0.15, 0.2) is 0 Å². The molecule has 0 spiro atoms. The van der Waals surface area contributed by atoms with Gasteiger partial charge in [0, 0.05) is 6.54 Å². The summed E-state index contributed by atoms with van der Waals surface area (Å²) in [5.74, 6) is 0. The van der Waals surface area contributed by atoms with Gasteiger partial charge in [-0.05, 0) is 32.4 Å². The molecule has 2 heterocycles. The Balaban J connectivity index is 1.84. The molecule has 0 radical (unpaired) electrons. The van der Waals surface area contributed by atoms with Crippen LogP contribution in [0.3, 0.4) is 0 Å². The van der Waals surface area contributed by atoms with Crippen LogP contribution in [0.25, 0.3) is 0 Å². The van der Waals surface area contributed by atoms with Crippen molar-refractivity contribution in [2.45, 2.75) is 51.2 Å². The van der Waals surface area contributed by atoms with Crippen LogP contribution < -0.4 is 5.32 Å². The summed E-state index contributed by atoms with van der Waals surface area (Å²) in [6.07, 6.45) is 5.84. The third kappa shape index (κ3) is 2.88. The van der Waals surface area contributed by atoms with Crippen LogP contribution in [0, 0.1) is 0 Å². The molecule has 0 aliphatic carbocycles. The molecule has 1 amide bonds. The van der Waals surface area contributed by atoms with Gasteiger partial charge in [-0.3, -0.25) is 4.90 Å². The maximum atomic E-state index is 11.2. The molecule has 4 heteroatoms.